The van der Waals surface area contributed by atoms with E-state index >= 15 is 0 Å². The minimum absolute atomic E-state index is 0.0119. The number of fused-ring (bicyclic) bond motifs is 2. The molecule has 23 heavy (non-hydrogen) atoms. The van der Waals surface area contributed by atoms with Gasteiger partial charge in [-0.05, 0) is 22.9 Å². The topological polar surface area (TPSA) is 9.23 Å². The van der Waals surface area contributed by atoms with Crippen molar-refractivity contribution in [2.75, 3.05) is 0 Å². The first-order valence-electron chi connectivity index (χ1n) is 7.26. The van der Waals surface area contributed by atoms with Crippen LogP contribution in [0.2, 0.25) is 0 Å². The largest absolute Gasteiger partial charge is 0.451 e. The van der Waals surface area contributed by atoms with Crippen LogP contribution < -0.4 is 4.74 Å². The summed E-state index contributed by atoms with van der Waals surface area (Å²) in [7, 11) is 0. The van der Waals surface area contributed by atoms with E-state index < -0.39 is 11.6 Å². The third-order valence-corrected chi connectivity index (χ3v) is 3.88. The minimum atomic E-state index is -0.490. The number of rotatable bonds is 2. The van der Waals surface area contributed by atoms with Crippen LogP contribution in [0.5, 0.6) is 11.5 Å². The lowest BCUT2D eigenvalue weighted by Crippen LogP contribution is -1.93. The van der Waals surface area contributed by atoms with E-state index in [-0.39, 0.29) is 11.5 Å². The lowest BCUT2D eigenvalue weighted by atomic mass is 10.1. The van der Waals surface area contributed by atoms with Gasteiger partial charge in [-0.15, -0.1) is 0 Å². The van der Waals surface area contributed by atoms with Gasteiger partial charge in [-0.2, -0.15) is 0 Å². The van der Waals surface area contributed by atoms with Crippen LogP contribution >= 0.6 is 0 Å². The van der Waals surface area contributed by atoms with E-state index in [1.807, 2.05) is 24.3 Å². The highest BCUT2D eigenvalue weighted by molar-refractivity contribution is 5.86. The molecule has 3 heteroatoms. The van der Waals surface area contributed by atoms with Crippen molar-refractivity contribution < 1.29 is 13.5 Å². The quantitative estimate of drug-likeness (QED) is 0.437. The highest BCUT2D eigenvalue weighted by Crippen LogP contribution is 2.33. The summed E-state index contributed by atoms with van der Waals surface area (Å²) in [5.74, 6) is -0.956. The van der Waals surface area contributed by atoms with Gasteiger partial charge in [-0.1, -0.05) is 60.7 Å². The van der Waals surface area contributed by atoms with Crippen LogP contribution in [0.15, 0.2) is 72.8 Å². The third kappa shape index (κ3) is 2.30. The smallest absolute Gasteiger partial charge is 0.173 e. The molecule has 0 amide bonds. The van der Waals surface area contributed by atoms with Gasteiger partial charge in [0.15, 0.2) is 23.1 Å². The molecule has 0 spiro atoms. The Labute approximate surface area is 131 Å². The van der Waals surface area contributed by atoms with Gasteiger partial charge in [0.25, 0.3) is 0 Å². The van der Waals surface area contributed by atoms with Crippen LogP contribution in [-0.4, -0.2) is 0 Å². The SMILES string of the molecule is Fc1c(Oc2ccc3ccccc3c2F)ccc2ccccc12. The molecule has 1 nitrogen and oxygen atoms in total. The average molecular weight is 306 g/mol. The molecule has 112 valence electrons. The molecule has 4 aromatic rings. The molecule has 0 heterocycles. The zero-order valence-corrected chi connectivity index (χ0v) is 12.1. The van der Waals surface area contributed by atoms with Crippen LogP contribution in [0.3, 0.4) is 0 Å². The van der Waals surface area contributed by atoms with Crippen molar-refractivity contribution in [1.29, 1.82) is 0 Å². The number of benzene rings is 4. The number of halogens is 2. The monoisotopic (exact) mass is 306 g/mol. The van der Waals surface area contributed by atoms with Crippen molar-refractivity contribution in [3.63, 3.8) is 0 Å². The molecule has 0 atom stereocenters. The number of ether oxygens (including phenoxy) is 1. The molecule has 0 saturated carbocycles. The molecule has 0 radical (unpaired) electrons. The van der Waals surface area contributed by atoms with Crippen LogP contribution in [0, 0.1) is 11.6 Å². The molecular weight excluding hydrogens is 294 g/mol. The second kappa shape index (κ2) is 5.36. The summed E-state index contributed by atoms with van der Waals surface area (Å²) in [5.41, 5.74) is 0. The van der Waals surface area contributed by atoms with Crippen molar-refractivity contribution in [2.45, 2.75) is 0 Å². The Morgan fingerprint density at radius 1 is 0.522 bits per heavy atom. The Kier molecular flexibility index (Phi) is 3.19. The van der Waals surface area contributed by atoms with Crippen molar-refractivity contribution >= 4 is 21.5 Å². The van der Waals surface area contributed by atoms with E-state index in [4.69, 9.17) is 4.74 Å². The van der Waals surface area contributed by atoms with Gasteiger partial charge < -0.3 is 4.74 Å². The van der Waals surface area contributed by atoms with Gasteiger partial charge in [-0.25, -0.2) is 8.78 Å². The zero-order chi connectivity index (χ0) is 15.8. The summed E-state index contributed by atoms with van der Waals surface area (Å²) >= 11 is 0. The molecular formula is C20H12F2O. The first-order valence-corrected chi connectivity index (χ1v) is 7.26. The summed E-state index contributed by atoms with van der Waals surface area (Å²) < 4.78 is 34.6. The molecule has 0 aromatic heterocycles. The summed E-state index contributed by atoms with van der Waals surface area (Å²) in [6.07, 6.45) is 0. The van der Waals surface area contributed by atoms with E-state index in [1.54, 1.807) is 36.4 Å². The van der Waals surface area contributed by atoms with Crippen molar-refractivity contribution in [3.8, 4) is 11.5 Å². The molecule has 0 aliphatic carbocycles. The number of hydrogen-bond acceptors (Lipinski definition) is 1. The van der Waals surface area contributed by atoms with Crippen LogP contribution in [0.1, 0.15) is 0 Å². The standard InChI is InChI=1S/C20H12F2O/c21-19-15-7-3-1-5-13(15)9-11-17(19)23-18-12-10-14-6-2-4-8-16(14)20(18)22/h1-12H. The van der Waals surface area contributed by atoms with Gasteiger partial charge in [0, 0.05) is 10.8 Å². The molecule has 0 unspecified atom stereocenters. The van der Waals surface area contributed by atoms with Crippen molar-refractivity contribution in [2.24, 2.45) is 0 Å². The third-order valence-electron chi connectivity index (χ3n) is 3.88. The molecule has 4 aromatic carbocycles. The lowest BCUT2D eigenvalue weighted by molar-refractivity contribution is 0.420. The van der Waals surface area contributed by atoms with E-state index in [2.05, 4.69) is 0 Å². The first-order chi connectivity index (χ1) is 11.2. The first kappa shape index (κ1) is 13.7. The summed E-state index contributed by atoms with van der Waals surface area (Å²) in [4.78, 5) is 0. The maximum absolute atomic E-state index is 14.6. The fourth-order valence-corrected chi connectivity index (χ4v) is 2.70. The molecule has 0 fully saturated rings. The van der Waals surface area contributed by atoms with E-state index in [9.17, 15) is 8.78 Å². The molecule has 4 rings (SSSR count). The summed E-state index contributed by atoms with van der Waals surface area (Å²) in [6, 6.07) is 20.7. The van der Waals surface area contributed by atoms with Gasteiger partial charge in [0.1, 0.15) is 0 Å². The molecule has 0 saturated heterocycles. The van der Waals surface area contributed by atoms with Crippen molar-refractivity contribution in [1.82, 2.24) is 0 Å². The van der Waals surface area contributed by atoms with Gasteiger partial charge in [-0.3, -0.25) is 0 Å². The Balaban J connectivity index is 1.82. The predicted octanol–water partition coefficient (Wildman–Crippen LogP) is 6.06. The second-order valence-corrected chi connectivity index (χ2v) is 5.30. The molecule has 0 aliphatic rings. The minimum Gasteiger partial charge on any atom is -0.451 e. The lowest BCUT2D eigenvalue weighted by Gasteiger charge is -2.11. The van der Waals surface area contributed by atoms with E-state index in [0.717, 1.165) is 10.8 Å². The Bertz CT molecular complexity index is 941. The van der Waals surface area contributed by atoms with Crippen LogP contribution in [0.4, 0.5) is 8.78 Å². The Morgan fingerprint density at radius 3 is 1.43 bits per heavy atom. The number of hydrogen-bond donors (Lipinski definition) is 0. The molecule has 0 aliphatic heterocycles. The average Bonchev–Trinajstić information content (AvgIpc) is 2.60. The maximum Gasteiger partial charge on any atom is 0.173 e. The Morgan fingerprint density at radius 2 is 0.957 bits per heavy atom. The van der Waals surface area contributed by atoms with E-state index in [0.29, 0.717) is 10.8 Å². The van der Waals surface area contributed by atoms with Gasteiger partial charge >= 0.3 is 0 Å². The van der Waals surface area contributed by atoms with E-state index in [1.165, 1.54) is 12.1 Å². The molecule has 0 bridgehead atoms. The highest BCUT2D eigenvalue weighted by Gasteiger charge is 2.13. The molecule has 0 N–H and O–H groups in total. The zero-order valence-electron chi connectivity index (χ0n) is 12.1. The van der Waals surface area contributed by atoms with Crippen molar-refractivity contribution in [3.05, 3.63) is 84.4 Å². The fraction of sp³-hybridized carbons (Fsp3) is 0. The Hall–Kier alpha value is -2.94. The second-order valence-electron chi connectivity index (χ2n) is 5.30. The normalized spacial score (nSPS) is 11.0. The fourth-order valence-electron chi connectivity index (χ4n) is 2.70. The van der Waals surface area contributed by atoms with Crippen LogP contribution in [0.25, 0.3) is 21.5 Å². The van der Waals surface area contributed by atoms with Gasteiger partial charge in [0.05, 0.1) is 0 Å². The summed E-state index contributed by atoms with van der Waals surface area (Å²) in [6.45, 7) is 0. The summed E-state index contributed by atoms with van der Waals surface area (Å²) in [5, 5.41) is 2.45. The van der Waals surface area contributed by atoms with Gasteiger partial charge in [0.2, 0.25) is 0 Å². The highest BCUT2D eigenvalue weighted by atomic mass is 19.1. The van der Waals surface area contributed by atoms with Crippen LogP contribution in [-0.2, 0) is 0 Å². The maximum atomic E-state index is 14.6. The predicted molar refractivity (Wildman–Crippen MR) is 87.9 cm³/mol.